The zero-order valence-electron chi connectivity index (χ0n) is 12.1. The van der Waals surface area contributed by atoms with Crippen molar-refractivity contribution >= 4 is 22.8 Å². The molecule has 7 heteroatoms. The van der Waals surface area contributed by atoms with Crippen molar-refractivity contribution in [2.45, 2.75) is 25.7 Å². The lowest BCUT2D eigenvalue weighted by Crippen LogP contribution is -2.34. The number of carbonyl (C=O) groups is 2. The Balaban J connectivity index is 2.33. The number of hydrogen-bond acceptors (Lipinski definition) is 4. The molecule has 1 heterocycles. The summed E-state index contributed by atoms with van der Waals surface area (Å²) in [6.07, 6.45) is -0.903. The van der Waals surface area contributed by atoms with Crippen LogP contribution in [-0.2, 0) is 16.1 Å². The summed E-state index contributed by atoms with van der Waals surface area (Å²) in [4.78, 5) is 21.8. The molecule has 1 amide bonds. The van der Waals surface area contributed by atoms with Crippen molar-refractivity contribution in [3.05, 3.63) is 36.0 Å². The van der Waals surface area contributed by atoms with Gasteiger partial charge >= 0.3 is 5.97 Å². The third-order valence-corrected chi connectivity index (χ3v) is 3.37. The predicted molar refractivity (Wildman–Crippen MR) is 79.2 cm³/mol. The summed E-state index contributed by atoms with van der Waals surface area (Å²) >= 11 is 0. The van der Waals surface area contributed by atoms with Crippen LogP contribution in [0.5, 0.6) is 0 Å². The van der Waals surface area contributed by atoms with Crippen molar-refractivity contribution in [1.29, 1.82) is 0 Å². The molecule has 2 atom stereocenters. The summed E-state index contributed by atoms with van der Waals surface area (Å²) in [6, 6.07) is 7.03. The van der Waals surface area contributed by atoms with E-state index in [2.05, 4.69) is 5.32 Å². The van der Waals surface area contributed by atoms with Crippen molar-refractivity contribution in [3.63, 3.8) is 0 Å². The van der Waals surface area contributed by atoms with Crippen LogP contribution in [-0.4, -0.2) is 44.4 Å². The fraction of sp³-hybridized carbons (Fsp3) is 0.333. The maximum absolute atomic E-state index is 10.9. The molecule has 2 rings (SSSR count). The van der Waals surface area contributed by atoms with Gasteiger partial charge in [-0.2, -0.15) is 0 Å². The Morgan fingerprint density at radius 2 is 1.95 bits per heavy atom. The number of aliphatic hydroxyl groups is 2. The summed E-state index contributed by atoms with van der Waals surface area (Å²) in [5, 5.41) is 32.3. The van der Waals surface area contributed by atoms with Crippen molar-refractivity contribution in [1.82, 2.24) is 9.88 Å². The number of nitrogens with one attached hydrogen (secondary N) is 1. The highest BCUT2D eigenvalue weighted by atomic mass is 16.4. The lowest BCUT2D eigenvalue weighted by atomic mass is 10.0. The van der Waals surface area contributed by atoms with E-state index in [1.807, 2.05) is 0 Å². The van der Waals surface area contributed by atoms with E-state index in [-0.39, 0.29) is 19.0 Å². The zero-order chi connectivity index (χ0) is 16.3. The number of aliphatic hydroxyl groups excluding tert-OH is 2. The van der Waals surface area contributed by atoms with Crippen LogP contribution in [0.4, 0.5) is 0 Å². The third-order valence-electron chi connectivity index (χ3n) is 3.37. The molecule has 1 aromatic carbocycles. The largest absolute Gasteiger partial charge is 0.480 e. The second kappa shape index (κ2) is 6.59. The molecule has 22 heavy (non-hydrogen) atoms. The highest BCUT2D eigenvalue weighted by molar-refractivity contribution is 5.85. The molecule has 0 radical (unpaired) electrons. The van der Waals surface area contributed by atoms with Gasteiger partial charge in [-0.05, 0) is 6.07 Å². The number of fused-ring (bicyclic) bond motifs is 1. The topological polar surface area (TPSA) is 112 Å². The molecule has 0 bridgehead atoms. The van der Waals surface area contributed by atoms with E-state index < -0.39 is 18.2 Å². The van der Waals surface area contributed by atoms with Gasteiger partial charge in [-0.1, -0.05) is 18.2 Å². The Morgan fingerprint density at radius 3 is 2.59 bits per heavy atom. The highest BCUT2D eigenvalue weighted by Crippen LogP contribution is 2.28. The Labute approximate surface area is 126 Å². The van der Waals surface area contributed by atoms with Gasteiger partial charge in [0.2, 0.25) is 5.91 Å². The molecular formula is C15H18N2O5. The van der Waals surface area contributed by atoms with Crippen molar-refractivity contribution in [2.75, 3.05) is 6.54 Å². The van der Waals surface area contributed by atoms with E-state index >= 15 is 0 Å². The molecule has 2 aromatic rings. The fourth-order valence-corrected chi connectivity index (χ4v) is 2.35. The van der Waals surface area contributed by atoms with Gasteiger partial charge in [0.1, 0.15) is 18.8 Å². The summed E-state index contributed by atoms with van der Waals surface area (Å²) in [5.74, 6) is -1.31. The highest BCUT2D eigenvalue weighted by Gasteiger charge is 2.23. The quantitative estimate of drug-likeness (QED) is 0.611. The van der Waals surface area contributed by atoms with Crippen LogP contribution >= 0.6 is 0 Å². The molecule has 0 aliphatic carbocycles. The van der Waals surface area contributed by atoms with Crippen LogP contribution in [0.2, 0.25) is 0 Å². The Kier molecular flexibility index (Phi) is 4.79. The minimum atomic E-state index is -1.23. The summed E-state index contributed by atoms with van der Waals surface area (Å²) < 4.78 is 1.50. The maximum Gasteiger partial charge on any atom is 0.323 e. The molecule has 118 valence electrons. The number of aromatic nitrogens is 1. The van der Waals surface area contributed by atoms with Crippen LogP contribution < -0.4 is 5.32 Å². The van der Waals surface area contributed by atoms with Gasteiger partial charge in [0, 0.05) is 36.1 Å². The number of aliphatic carboxylic acids is 1. The van der Waals surface area contributed by atoms with E-state index in [1.54, 1.807) is 24.3 Å². The molecule has 0 aliphatic rings. The average Bonchev–Trinajstić information content (AvgIpc) is 2.82. The number of rotatable bonds is 6. The van der Waals surface area contributed by atoms with E-state index in [0.717, 1.165) is 0 Å². The van der Waals surface area contributed by atoms with Crippen LogP contribution in [0.15, 0.2) is 30.5 Å². The minimum Gasteiger partial charge on any atom is -0.480 e. The minimum absolute atomic E-state index is 0.0884. The number of benzene rings is 1. The second-order valence-corrected chi connectivity index (χ2v) is 5.07. The van der Waals surface area contributed by atoms with E-state index in [0.29, 0.717) is 16.5 Å². The molecule has 0 saturated heterocycles. The first-order valence-corrected chi connectivity index (χ1v) is 6.80. The van der Waals surface area contributed by atoms with Crippen LogP contribution in [0.25, 0.3) is 10.9 Å². The van der Waals surface area contributed by atoms with Gasteiger partial charge in [-0.25, -0.2) is 0 Å². The number of para-hydroxylation sites is 1. The van der Waals surface area contributed by atoms with Crippen LogP contribution in [0.1, 0.15) is 18.6 Å². The lowest BCUT2D eigenvalue weighted by Gasteiger charge is -2.17. The SMILES string of the molecule is CC(=O)NCC(O)C(O)c1cn(CC(=O)O)c2ccccc12. The monoisotopic (exact) mass is 306 g/mol. The van der Waals surface area contributed by atoms with E-state index in [9.17, 15) is 19.8 Å². The molecule has 0 aliphatic heterocycles. The second-order valence-electron chi connectivity index (χ2n) is 5.07. The number of carboxylic acid groups (broad SMARTS) is 1. The van der Waals surface area contributed by atoms with Gasteiger partial charge in [0.05, 0.1) is 0 Å². The van der Waals surface area contributed by atoms with Gasteiger partial charge in [-0.15, -0.1) is 0 Å². The molecule has 0 fully saturated rings. The first kappa shape index (κ1) is 16.0. The molecule has 0 spiro atoms. The average molecular weight is 306 g/mol. The Hall–Kier alpha value is -2.38. The first-order chi connectivity index (χ1) is 10.4. The van der Waals surface area contributed by atoms with Gasteiger partial charge in [-0.3, -0.25) is 9.59 Å². The van der Waals surface area contributed by atoms with Crippen LogP contribution in [0, 0.1) is 0 Å². The lowest BCUT2D eigenvalue weighted by molar-refractivity contribution is -0.137. The predicted octanol–water partition coefficient (Wildman–Crippen LogP) is 0.256. The Morgan fingerprint density at radius 1 is 1.27 bits per heavy atom. The van der Waals surface area contributed by atoms with Crippen LogP contribution in [0.3, 0.4) is 0 Å². The molecule has 0 saturated carbocycles. The summed E-state index contributed by atoms with van der Waals surface area (Å²) in [5.41, 5.74) is 1.08. The molecule has 4 N–H and O–H groups in total. The third kappa shape index (κ3) is 3.44. The zero-order valence-corrected chi connectivity index (χ0v) is 12.1. The molecule has 1 aromatic heterocycles. The van der Waals surface area contributed by atoms with E-state index in [1.165, 1.54) is 17.7 Å². The van der Waals surface area contributed by atoms with Crippen molar-refractivity contribution in [2.24, 2.45) is 0 Å². The summed E-state index contributed by atoms with van der Waals surface area (Å²) in [6.45, 7) is 0.988. The smallest absolute Gasteiger partial charge is 0.323 e. The standard InChI is InChI=1S/C15H18N2O5/c1-9(18)16-6-13(19)15(22)11-7-17(8-14(20)21)12-5-3-2-4-10(11)12/h2-5,7,13,15,19,22H,6,8H2,1H3,(H,16,18)(H,20,21). The van der Waals surface area contributed by atoms with Gasteiger partial charge in [0.15, 0.2) is 0 Å². The van der Waals surface area contributed by atoms with Crippen molar-refractivity contribution in [3.8, 4) is 0 Å². The van der Waals surface area contributed by atoms with E-state index in [4.69, 9.17) is 5.11 Å². The first-order valence-electron chi connectivity index (χ1n) is 6.80. The molecule has 7 nitrogen and oxygen atoms in total. The molecule has 2 unspecified atom stereocenters. The fourth-order valence-electron chi connectivity index (χ4n) is 2.35. The van der Waals surface area contributed by atoms with Crippen molar-refractivity contribution < 1.29 is 24.9 Å². The normalized spacial score (nSPS) is 13.8. The Bertz CT molecular complexity index is 694. The number of amides is 1. The molecular weight excluding hydrogens is 288 g/mol. The summed E-state index contributed by atoms with van der Waals surface area (Å²) in [7, 11) is 0. The number of carbonyl (C=O) groups excluding carboxylic acids is 1. The van der Waals surface area contributed by atoms with Gasteiger partial charge < -0.3 is 25.2 Å². The number of carboxylic acids is 1. The number of nitrogens with zero attached hydrogens (tertiary/aromatic N) is 1. The maximum atomic E-state index is 10.9. The van der Waals surface area contributed by atoms with Gasteiger partial charge in [0.25, 0.3) is 0 Å². The number of hydrogen-bond donors (Lipinski definition) is 4.